The first-order valence-electron chi connectivity index (χ1n) is 7.98. The van der Waals surface area contributed by atoms with Crippen LogP contribution in [0.4, 0.5) is 5.69 Å². The van der Waals surface area contributed by atoms with E-state index in [-0.39, 0.29) is 5.91 Å². The van der Waals surface area contributed by atoms with Gasteiger partial charge in [0.1, 0.15) is 5.69 Å². The fourth-order valence-electron chi connectivity index (χ4n) is 3.58. The average Bonchev–Trinajstić information content (AvgIpc) is 2.94. The zero-order chi connectivity index (χ0) is 15.8. The number of hydrogen-bond acceptors (Lipinski definition) is 3. The molecule has 1 atom stereocenters. The molecule has 5 heteroatoms. The van der Waals surface area contributed by atoms with E-state index in [2.05, 4.69) is 16.0 Å². The number of anilines is 1. The summed E-state index contributed by atoms with van der Waals surface area (Å²) >= 11 is 5.89. The fourth-order valence-corrected chi connectivity index (χ4v) is 3.69. The predicted molar refractivity (Wildman–Crippen MR) is 90.8 cm³/mol. The van der Waals surface area contributed by atoms with Crippen molar-refractivity contribution < 1.29 is 4.79 Å². The van der Waals surface area contributed by atoms with E-state index in [9.17, 15) is 4.79 Å². The highest BCUT2D eigenvalue weighted by Gasteiger charge is 2.33. The summed E-state index contributed by atoms with van der Waals surface area (Å²) in [6.45, 7) is 2.75. The lowest BCUT2D eigenvalue weighted by Crippen LogP contribution is -2.40. The Hall–Kier alpha value is -1.91. The summed E-state index contributed by atoms with van der Waals surface area (Å²) in [6.07, 6.45) is 3.88. The quantitative estimate of drug-likeness (QED) is 0.806. The van der Waals surface area contributed by atoms with Gasteiger partial charge in [-0.2, -0.15) is 0 Å². The summed E-state index contributed by atoms with van der Waals surface area (Å²) in [7, 11) is 0. The standard InChI is InChI=1S/C18H18ClN3O/c19-14-7-8-16(20-10-14)18(23)22-12-15-5-3-9-21(15)11-13-4-1-2-6-17(13)22/h1-2,4,6-8,10,15H,3,5,9,11-12H2. The number of nitrogens with zero attached hydrogens (tertiary/aromatic N) is 3. The van der Waals surface area contributed by atoms with Crippen LogP contribution >= 0.6 is 11.6 Å². The maximum atomic E-state index is 13.0. The highest BCUT2D eigenvalue weighted by molar-refractivity contribution is 6.30. The van der Waals surface area contributed by atoms with Gasteiger partial charge in [-0.15, -0.1) is 0 Å². The van der Waals surface area contributed by atoms with E-state index in [1.807, 2.05) is 23.1 Å². The molecule has 0 N–H and O–H groups in total. The molecule has 2 aliphatic rings. The van der Waals surface area contributed by atoms with Crippen LogP contribution < -0.4 is 4.90 Å². The third-order valence-corrected chi connectivity index (χ3v) is 4.96. The van der Waals surface area contributed by atoms with E-state index >= 15 is 0 Å². The lowest BCUT2D eigenvalue weighted by atomic mass is 10.1. The Labute approximate surface area is 140 Å². The number of para-hydroxylation sites is 1. The molecule has 23 heavy (non-hydrogen) atoms. The monoisotopic (exact) mass is 327 g/mol. The zero-order valence-corrected chi connectivity index (χ0v) is 13.5. The predicted octanol–water partition coefficient (Wildman–Crippen LogP) is 3.36. The lowest BCUT2D eigenvalue weighted by Gasteiger charge is -2.26. The number of benzene rings is 1. The van der Waals surface area contributed by atoms with Gasteiger partial charge >= 0.3 is 0 Å². The second-order valence-electron chi connectivity index (χ2n) is 6.17. The molecule has 1 aromatic carbocycles. The highest BCUT2D eigenvalue weighted by atomic mass is 35.5. The Kier molecular flexibility index (Phi) is 3.79. The van der Waals surface area contributed by atoms with Crippen molar-refractivity contribution in [2.24, 2.45) is 0 Å². The molecule has 1 fully saturated rings. The maximum Gasteiger partial charge on any atom is 0.276 e. The third-order valence-electron chi connectivity index (χ3n) is 4.74. The number of rotatable bonds is 1. The third kappa shape index (κ3) is 2.73. The topological polar surface area (TPSA) is 36.4 Å². The van der Waals surface area contributed by atoms with E-state index in [4.69, 9.17) is 11.6 Å². The number of amides is 1. The molecule has 2 aromatic rings. The molecule has 0 radical (unpaired) electrons. The van der Waals surface area contributed by atoms with Crippen molar-refractivity contribution >= 4 is 23.2 Å². The Morgan fingerprint density at radius 1 is 1.22 bits per heavy atom. The minimum absolute atomic E-state index is 0.0529. The molecule has 0 aliphatic carbocycles. The van der Waals surface area contributed by atoms with Gasteiger partial charge < -0.3 is 4.90 Å². The summed E-state index contributed by atoms with van der Waals surface area (Å²) in [5, 5.41) is 0.541. The molecule has 1 unspecified atom stereocenters. The summed E-state index contributed by atoms with van der Waals surface area (Å²) in [5.41, 5.74) is 2.65. The van der Waals surface area contributed by atoms with Gasteiger partial charge in [-0.3, -0.25) is 9.69 Å². The lowest BCUT2D eigenvalue weighted by molar-refractivity contribution is 0.0976. The fraction of sp³-hybridized carbons (Fsp3) is 0.333. The number of aromatic nitrogens is 1. The van der Waals surface area contributed by atoms with E-state index < -0.39 is 0 Å². The van der Waals surface area contributed by atoms with Crippen molar-refractivity contribution in [1.82, 2.24) is 9.88 Å². The largest absolute Gasteiger partial charge is 0.305 e. The summed E-state index contributed by atoms with van der Waals surface area (Å²) in [4.78, 5) is 21.6. The first-order valence-corrected chi connectivity index (χ1v) is 8.35. The molecule has 0 saturated carbocycles. The number of fused-ring (bicyclic) bond motifs is 2. The molecule has 4 nitrogen and oxygen atoms in total. The van der Waals surface area contributed by atoms with Gasteiger partial charge in [-0.1, -0.05) is 29.8 Å². The summed E-state index contributed by atoms with van der Waals surface area (Å²) < 4.78 is 0. The molecule has 1 saturated heterocycles. The summed E-state index contributed by atoms with van der Waals surface area (Å²) in [5.74, 6) is -0.0529. The second-order valence-corrected chi connectivity index (χ2v) is 6.61. The smallest absolute Gasteiger partial charge is 0.276 e. The van der Waals surface area contributed by atoms with Crippen LogP contribution in [0.3, 0.4) is 0 Å². The molecule has 0 bridgehead atoms. The van der Waals surface area contributed by atoms with Gasteiger partial charge in [-0.05, 0) is 43.1 Å². The van der Waals surface area contributed by atoms with Gasteiger partial charge in [0.15, 0.2) is 0 Å². The van der Waals surface area contributed by atoms with Crippen molar-refractivity contribution in [2.75, 3.05) is 18.0 Å². The normalized spacial score (nSPS) is 20.7. The van der Waals surface area contributed by atoms with Crippen LogP contribution in [0.2, 0.25) is 5.02 Å². The van der Waals surface area contributed by atoms with Crippen LogP contribution in [0.5, 0.6) is 0 Å². The molecule has 4 rings (SSSR count). The molecular weight excluding hydrogens is 310 g/mol. The van der Waals surface area contributed by atoms with Crippen molar-refractivity contribution in [3.8, 4) is 0 Å². The van der Waals surface area contributed by atoms with E-state index in [0.29, 0.717) is 16.8 Å². The van der Waals surface area contributed by atoms with E-state index in [0.717, 1.165) is 31.7 Å². The van der Waals surface area contributed by atoms with E-state index in [1.165, 1.54) is 18.2 Å². The second kappa shape index (κ2) is 5.95. The van der Waals surface area contributed by atoms with Gasteiger partial charge in [0, 0.05) is 31.0 Å². The Morgan fingerprint density at radius 3 is 2.91 bits per heavy atom. The van der Waals surface area contributed by atoms with Gasteiger partial charge in [0.05, 0.1) is 5.02 Å². The number of pyridine rings is 1. The van der Waals surface area contributed by atoms with Gasteiger partial charge in [0.2, 0.25) is 0 Å². The Balaban J connectivity index is 1.73. The maximum absolute atomic E-state index is 13.0. The van der Waals surface area contributed by atoms with Crippen LogP contribution in [-0.2, 0) is 6.54 Å². The number of carbonyl (C=O) groups is 1. The molecule has 3 heterocycles. The Morgan fingerprint density at radius 2 is 2.09 bits per heavy atom. The molecule has 1 amide bonds. The van der Waals surface area contributed by atoms with E-state index in [1.54, 1.807) is 12.1 Å². The molecular formula is C18H18ClN3O. The van der Waals surface area contributed by atoms with Crippen molar-refractivity contribution in [3.05, 3.63) is 58.9 Å². The van der Waals surface area contributed by atoms with Crippen LogP contribution in [0.15, 0.2) is 42.6 Å². The SMILES string of the molecule is O=C(c1ccc(Cl)cn1)N1CC2CCCN2Cc2ccccc21. The molecule has 1 aromatic heterocycles. The number of hydrogen-bond donors (Lipinski definition) is 0. The van der Waals surface area contributed by atoms with Crippen molar-refractivity contribution in [3.63, 3.8) is 0 Å². The molecule has 2 aliphatic heterocycles. The van der Waals surface area contributed by atoms with Crippen LogP contribution in [-0.4, -0.2) is 34.9 Å². The zero-order valence-electron chi connectivity index (χ0n) is 12.8. The van der Waals surface area contributed by atoms with Crippen molar-refractivity contribution in [2.45, 2.75) is 25.4 Å². The first kappa shape index (κ1) is 14.7. The first-order chi connectivity index (χ1) is 11.2. The molecule has 0 spiro atoms. The Bertz CT molecular complexity index is 731. The highest BCUT2D eigenvalue weighted by Crippen LogP contribution is 2.32. The number of carbonyl (C=O) groups excluding carboxylic acids is 1. The minimum Gasteiger partial charge on any atom is -0.305 e. The van der Waals surface area contributed by atoms with Gasteiger partial charge in [0.25, 0.3) is 5.91 Å². The number of halogens is 1. The molecule has 118 valence electrons. The van der Waals surface area contributed by atoms with Crippen molar-refractivity contribution in [1.29, 1.82) is 0 Å². The van der Waals surface area contributed by atoms with Crippen LogP contribution in [0.25, 0.3) is 0 Å². The average molecular weight is 328 g/mol. The van der Waals surface area contributed by atoms with Crippen LogP contribution in [0.1, 0.15) is 28.9 Å². The summed E-state index contributed by atoms with van der Waals surface area (Å²) in [6, 6.07) is 12.0. The minimum atomic E-state index is -0.0529. The van der Waals surface area contributed by atoms with Gasteiger partial charge in [-0.25, -0.2) is 4.98 Å². The van der Waals surface area contributed by atoms with Crippen LogP contribution in [0, 0.1) is 0 Å².